The van der Waals surface area contributed by atoms with Gasteiger partial charge >= 0.3 is 0 Å². The molecule has 0 aromatic heterocycles. The highest BCUT2D eigenvalue weighted by Crippen LogP contribution is 2.33. The van der Waals surface area contributed by atoms with Crippen LogP contribution in [0.1, 0.15) is 59.7 Å². The maximum absolute atomic E-state index is 12.9. The van der Waals surface area contributed by atoms with Crippen LogP contribution < -0.4 is 15.4 Å². The van der Waals surface area contributed by atoms with E-state index in [1.807, 2.05) is 5.32 Å². The Morgan fingerprint density at radius 3 is 2.66 bits per heavy atom. The molecule has 1 aliphatic heterocycles. The standard InChI is InChI=1S/C20H25N3O6/c1-14(8-9-17(26)22-13-25)23-19(27)15-6-5-7-16(18(15)20(23)28)29-11-4-2-3-10-21-12-24/h5-7,12-14H,2-4,8-11H2,1H3,(H,21,24)(H,22,25,26). The number of ether oxygens (including phenoxy) is 1. The second-order valence-corrected chi connectivity index (χ2v) is 6.71. The molecule has 9 heteroatoms. The van der Waals surface area contributed by atoms with E-state index >= 15 is 0 Å². The maximum atomic E-state index is 12.9. The normalized spacial score (nSPS) is 13.6. The third-order valence-corrected chi connectivity index (χ3v) is 4.66. The minimum atomic E-state index is -0.502. The molecule has 0 fully saturated rings. The summed E-state index contributed by atoms with van der Waals surface area (Å²) in [6, 6.07) is 4.40. The predicted molar refractivity (Wildman–Crippen MR) is 103 cm³/mol. The van der Waals surface area contributed by atoms with E-state index in [0.717, 1.165) is 24.2 Å². The Balaban J connectivity index is 1.97. The summed E-state index contributed by atoms with van der Waals surface area (Å²) in [4.78, 5) is 58.7. The van der Waals surface area contributed by atoms with Crippen molar-refractivity contribution >= 4 is 30.5 Å². The molecule has 156 valence electrons. The third kappa shape index (κ3) is 5.63. The highest BCUT2D eigenvalue weighted by atomic mass is 16.5. The Morgan fingerprint density at radius 2 is 1.93 bits per heavy atom. The van der Waals surface area contributed by atoms with Gasteiger partial charge in [-0.25, -0.2) is 0 Å². The molecule has 1 atom stereocenters. The lowest BCUT2D eigenvalue weighted by atomic mass is 10.1. The third-order valence-electron chi connectivity index (χ3n) is 4.66. The van der Waals surface area contributed by atoms with E-state index in [1.165, 1.54) is 0 Å². The van der Waals surface area contributed by atoms with Gasteiger partial charge in [-0.05, 0) is 44.7 Å². The van der Waals surface area contributed by atoms with E-state index in [1.54, 1.807) is 25.1 Å². The van der Waals surface area contributed by atoms with Crippen molar-refractivity contribution in [3.05, 3.63) is 29.3 Å². The van der Waals surface area contributed by atoms with Crippen LogP contribution in [0.5, 0.6) is 5.75 Å². The summed E-state index contributed by atoms with van der Waals surface area (Å²) in [5.74, 6) is -0.964. The zero-order valence-electron chi connectivity index (χ0n) is 16.3. The van der Waals surface area contributed by atoms with E-state index in [2.05, 4.69) is 5.32 Å². The number of unbranched alkanes of at least 4 members (excludes halogenated alkanes) is 2. The minimum Gasteiger partial charge on any atom is -0.493 e. The summed E-state index contributed by atoms with van der Waals surface area (Å²) in [7, 11) is 0. The predicted octanol–water partition coefficient (Wildman–Crippen LogP) is 1.02. The fourth-order valence-corrected chi connectivity index (χ4v) is 3.15. The molecule has 1 aromatic rings. The molecule has 0 spiro atoms. The molecular formula is C20H25N3O6. The lowest BCUT2D eigenvalue weighted by Gasteiger charge is -2.22. The Kier molecular flexibility index (Phi) is 8.32. The van der Waals surface area contributed by atoms with Crippen molar-refractivity contribution in [1.82, 2.24) is 15.5 Å². The number of fused-ring (bicyclic) bond motifs is 1. The van der Waals surface area contributed by atoms with E-state index in [9.17, 15) is 24.0 Å². The number of carbonyl (C=O) groups excluding carboxylic acids is 5. The number of amides is 5. The summed E-state index contributed by atoms with van der Waals surface area (Å²) in [6.07, 6.45) is 3.67. The Bertz CT molecular complexity index is 779. The summed E-state index contributed by atoms with van der Waals surface area (Å²) in [5, 5.41) is 4.63. The van der Waals surface area contributed by atoms with Crippen LogP contribution in [-0.4, -0.2) is 54.6 Å². The second kappa shape index (κ2) is 10.9. The number of nitrogens with one attached hydrogen (secondary N) is 2. The SMILES string of the molecule is CC(CCC(=O)NC=O)N1C(=O)c2cccc(OCCCCCNC=O)c2C1=O. The van der Waals surface area contributed by atoms with Crippen LogP contribution in [0.25, 0.3) is 0 Å². The first-order chi connectivity index (χ1) is 14.0. The Morgan fingerprint density at radius 1 is 1.14 bits per heavy atom. The largest absolute Gasteiger partial charge is 0.493 e. The van der Waals surface area contributed by atoms with Gasteiger partial charge < -0.3 is 10.1 Å². The van der Waals surface area contributed by atoms with Gasteiger partial charge in [0.15, 0.2) is 0 Å². The molecule has 5 amide bonds. The van der Waals surface area contributed by atoms with Crippen molar-refractivity contribution in [3.63, 3.8) is 0 Å². The number of carbonyl (C=O) groups is 5. The number of rotatable bonds is 13. The first-order valence-electron chi connectivity index (χ1n) is 9.55. The first-order valence-corrected chi connectivity index (χ1v) is 9.55. The topological polar surface area (TPSA) is 122 Å². The first kappa shape index (κ1) is 22.1. The maximum Gasteiger partial charge on any atom is 0.265 e. The summed E-state index contributed by atoms with van der Waals surface area (Å²) < 4.78 is 5.74. The van der Waals surface area contributed by atoms with Gasteiger partial charge in [-0.15, -0.1) is 0 Å². The quantitative estimate of drug-likeness (QED) is 0.288. The summed E-state index contributed by atoms with van der Waals surface area (Å²) in [6.45, 7) is 2.68. The fraction of sp³-hybridized carbons (Fsp3) is 0.450. The molecular weight excluding hydrogens is 378 g/mol. The van der Waals surface area contributed by atoms with Gasteiger partial charge in [0.1, 0.15) is 5.75 Å². The van der Waals surface area contributed by atoms with Crippen LogP contribution >= 0.6 is 0 Å². The van der Waals surface area contributed by atoms with Crippen molar-refractivity contribution in [3.8, 4) is 5.75 Å². The van der Waals surface area contributed by atoms with Crippen molar-refractivity contribution in [2.24, 2.45) is 0 Å². The second-order valence-electron chi connectivity index (χ2n) is 6.71. The van der Waals surface area contributed by atoms with Crippen LogP contribution in [-0.2, 0) is 14.4 Å². The molecule has 2 N–H and O–H groups in total. The molecule has 29 heavy (non-hydrogen) atoms. The van der Waals surface area contributed by atoms with Crippen LogP contribution in [0.2, 0.25) is 0 Å². The molecule has 0 aliphatic carbocycles. The molecule has 0 bridgehead atoms. The lowest BCUT2D eigenvalue weighted by molar-refractivity contribution is -0.125. The van der Waals surface area contributed by atoms with Crippen LogP contribution in [0.4, 0.5) is 0 Å². The highest BCUT2D eigenvalue weighted by Gasteiger charge is 2.40. The molecule has 0 saturated heterocycles. The number of nitrogens with zero attached hydrogens (tertiary/aromatic N) is 1. The number of hydrogen-bond donors (Lipinski definition) is 2. The average Bonchev–Trinajstić information content (AvgIpc) is 2.97. The number of hydrogen-bond acceptors (Lipinski definition) is 6. The van der Waals surface area contributed by atoms with E-state index in [-0.39, 0.29) is 24.0 Å². The van der Waals surface area contributed by atoms with E-state index in [4.69, 9.17) is 4.74 Å². The molecule has 0 saturated carbocycles. The number of benzene rings is 1. The van der Waals surface area contributed by atoms with Crippen LogP contribution in [0.3, 0.4) is 0 Å². The van der Waals surface area contributed by atoms with Crippen molar-refractivity contribution in [2.75, 3.05) is 13.2 Å². The Hall–Kier alpha value is -3.23. The molecule has 2 rings (SSSR count). The fourth-order valence-electron chi connectivity index (χ4n) is 3.15. The van der Waals surface area contributed by atoms with Gasteiger partial charge in [-0.2, -0.15) is 0 Å². The van der Waals surface area contributed by atoms with Crippen molar-refractivity contribution < 1.29 is 28.7 Å². The molecule has 1 aliphatic rings. The molecule has 1 aromatic carbocycles. The van der Waals surface area contributed by atoms with Gasteiger partial charge in [-0.3, -0.25) is 34.2 Å². The smallest absolute Gasteiger partial charge is 0.265 e. The van der Waals surface area contributed by atoms with Gasteiger partial charge in [0.25, 0.3) is 11.8 Å². The summed E-state index contributed by atoms with van der Waals surface area (Å²) >= 11 is 0. The zero-order chi connectivity index (χ0) is 21.2. The van der Waals surface area contributed by atoms with Crippen molar-refractivity contribution in [2.45, 2.75) is 45.1 Å². The van der Waals surface area contributed by atoms with Gasteiger partial charge in [0.05, 0.1) is 17.7 Å². The van der Waals surface area contributed by atoms with Gasteiger partial charge in [0.2, 0.25) is 18.7 Å². The van der Waals surface area contributed by atoms with Crippen molar-refractivity contribution in [1.29, 1.82) is 0 Å². The number of imide groups is 2. The monoisotopic (exact) mass is 403 g/mol. The van der Waals surface area contributed by atoms with Crippen LogP contribution in [0.15, 0.2) is 18.2 Å². The highest BCUT2D eigenvalue weighted by molar-refractivity contribution is 6.22. The summed E-state index contributed by atoms with van der Waals surface area (Å²) in [5.41, 5.74) is 0.524. The minimum absolute atomic E-state index is 0.0234. The van der Waals surface area contributed by atoms with Crippen LogP contribution in [0, 0.1) is 0 Å². The molecule has 1 unspecified atom stereocenters. The molecule has 1 heterocycles. The molecule has 0 radical (unpaired) electrons. The van der Waals surface area contributed by atoms with E-state index in [0.29, 0.717) is 31.7 Å². The average molecular weight is 403 g/mol. The van der Waals surface area contributed by atoms with Gasteiger partial charge in [-0.1, -0.05) is 6.07 Å². The lowest BCUT2D eigenvalue weighted by Crippen LogP contribution is -2.38. The van der Waals surface area contributed by atoms with Gasteiger partial charge in [0, 0.05) is 19.0 Å². The van der Waals surface area contributed by atoms with E-state index < -0.39 is 23.8 Å². The Labute approximate surface area is 168 Å². The molecule has 9 nitrogen and oxygen atoms in total. The zero-order valence-corrected chi connectivity index (χ0v) is 16.3.